The van der Waals surface area contributed by atoms with Gasteiger partial charge in [-0.3, -0.25) is 0 Å². The summed E-state index contributed by atoms with van der Waals surface area (Å²) in [5.74, 6) is 0.451. The second-order valence-corrected chi connectivity index (χ2v) is 7.13. The van der Waals surface area contributed by atoms with E-state index < -0.39 is 0 Å². The van der Waals surface area contributed by atoms with Crippen molar-refractivity contribution in [2.75, 3.05) is 0 Å². The molecular formula is C16H12FN5S2. The van der Waals surface area contributed by atoms with Gasteiger partial charge in [-0.05, 0) is 43.3 Å². The van der Waals surface area contributed by atoms with E-state index in [4.69, 9.17) is 0 Å². The lowest BCUT2D eigenvalue weighted by atomic mass is 10.1. The number of thiazole rings is 1. The fourth-order valence-electron chi connectivity index (χ4n) is 2.25. The van der Waals surface area contributed by atoms with Gasteiger partial charge in [0, 0.05) is 16.7 Å². The van der Waals surface area contributed by atoms with Gasteiger partial charge in [-0.15, -0.1) is 21.5 Å². The van der Waals surface area contributed by atoms with Crippen molar-refractivity contribution in [3.05, 3.63) is 58.3 Å². The summed E-state index contributed by atoms with van der Waals surface area (Å²) >= 11 is 3.17. The molecule has 5 nitrogen and oxygen atoms in total. The summed E-state index contributed by atoms with van der Waals surface area (Å²) in [6.07, 6.45) is 0. The third-order valence-electron chi connectivity index (χ3n) is 3.39. The van der Waals surface area contributed by atoms with Crippen molar-refractivity contribution >= 4 is 28.7 Å². The maximum absolute atomic E-state index is 13.1. The lowest BCUT2D eigenvalue weighted by molar-refractivity contribution is 0.628. The highest BCUT2D eigenvalue weighted by Crippen LogP contribution is 2.24. The molecule has 0 bridgehead atoms. The Morgan fingerprint density at radius 3 is 2.71 bits per heavy atom. The third-order valence-corrected chi connectivity index (χ3v) is 5.17. The number of nitrogens with zero attached hydrogens (tertiary/aromatic N) is 5. The molecule has 0 N–H and O–H groups in total. The normalized spacial score (nSPS) is 11.2. The van der Waals surface area contributed by atoms with E-state index in [1.807, 2.05) is 24.4 Å². The fourth-order valence-corrected chi connectivity index (χ4v) is 3.74. The molecule has 4 aromatic rings. The van der Waals surface area contributed by atoms with Gasteiger partial charge in [0.15, 0.2) is 5.65 Å². The van der Waals surface area contributed by atoms with Crippen LogP contribution >= 0.6 is 23.1 Å². The number of hydrogen-bond donors (Lipinski definition) is 0. The summed E-state index contributed by atoms with van der Waals surface area (Å²) in [5, 5.41) is 16.7. The van der Waals surface area contributed by atoms with Gasteiger partial charge in [0.05, 0.1) is 16.4 Å². The lowest BCUT2D eigenvalue weighted by Crippen LogP contribution is -1.96. The van der Waals surface area contributed by atoms with E-state index in [9.17, 15) is 4.39 Å². The molecule has 3 aromatic heterocycles. The number of aryl methyl sites for hydroxylation is 1. The van der Waals surface area contributed by atoms with E-state index >= 15 is 0 Å². The molecule has 0 saturated carbocycles. The third kappa shape index (κ3) is 3.02. The van der Waals surface area contributed by atoms with Crippen LogP contribution in [0.5, 0.6) is 0 Å². The maximum atomic E-state index is 13.1. The van der Waals surface area contributed by atoms with E-state index in [0.717, 1.165) is 22.0 Å². The molecule has 0 amide bonds. The molecule has 0 atom stereocenters. The smallest absolute Gasteiger partial charge is 0.212 e. The highest BCUT2D eigenvalue weighted by atomic mass is 32.2. The number of aromatic nitrogens is 5. The molecule has 0 aliphatic heterocycles. The predicted octanol–water partition coefficient (Wildman–Crippen LogP) is 3.99. The second kappa shape index (κ2) is 6.29. The average Bonchev–Trinajstić information content (AvgIpc) is 3.19. The zero-order valence-electron chi connectivity index (χ0n) is 12.7. The van der Waals surface area contributed by atoms with Gasteiger partial charge in [-0.1, -0.05) is 11.8 Å². The van der Waals surface area contributed by atoms with Gasteiger partial charge in [-0.2, -0.15) is 9.61 Å². The first-order chi connectivity index (χ1) is 11.7. The first kappa shape index (κ1) is 15.2. The SMILES string of the molecule is Cc1nc(CSc2nnc3ccc(-c4ccc(F)cc4)nn23)cs1. The van der Waals surface area contributed by atoms with Crippen LogP contribution < -0.4 is 0 Å². The first-order valence-corrected chi connectivity index (χ1v) is 9.08. The monoisotopic (exact) mass is 357 g/mol. The Morgan fingerprint density at radius 2 is 1.96 bits per heavy atom. The number of fused-ring (bicyclic) bond motifs is 1. The zero-order valence-corrected chi connectivity index (χ0v) is 14.3. The van der Waals surface area contributed by atoms with E-state index in [1.54, 1.807) is 39.7 Å². The molecule has 0 aliphatic carbocycles. The van der Waals surface area contributed by atoms with Gasteiger partial charge in [0.2, 0.25) is 5.16 Å². The van der Waals surface area contributed by atoms with Crippen molar-refractivity contribution in [1.29, 1.82) is 0 Å². The van der Waals surface area contributed by atoms with Crippen LogP contribution in [0.4, 0.5) is 4.39 Å². The van der Waals surface area contributed by atoms with Crippen LogP contribution in [0.2, 0.25) is 0 Å². The molecule has 3 heterocycles. The molecule has 0 fully saturated rings. The number of hydrogen-bond acceptors (Lipinski definition) is 6. The minimum atomic E-state index is -0.265. The molecule has 0 radical (unpaired) electrons. The molecule has 120 valence electrons. The van der Waals surface area contributed by atoms with Crippen LogP contribution in [0.1, 0.15) is 10.7 Å². The number of thioether (sulfide) groups is 1. The maximum Gasteiger partial charge on any atom is 0.212 e. The zero-order chi connectivity index (χ0) is 16.5. The summed E-state index contributed by atoms with van der Waals surface area (Å²) in [6.45, 7) is 1.99. The minimum Gasteiger partial charge on any atom is -0.246 e. The van der Waals surface area contributed by atoms with Crippen molar-refractivity contribution in [3.63, 3.8) is 0 Å². The van der Waals surface area contributed by atoms with E-state index in [-0.39, 0.29) is 5.82 Å². The standard InChI is InChI=1S/C16H12FN5S2/c1-10-18-13(8-23-10)9-24-16-20-19-15-7-6-14(21-22(15)16)11-2-4-12(17)5-3-11/h2-8H,9H2,1H3. The Kier molecular flexibility index (Phi) is 3.99. The summed E-state index contributed by atoms with van der Waals surface area (Å²) in [4.78, 5) is 4.45. The molecule has 0 aliphatic rings. The lowest BCUT2D eigenvalue weighted by Gasteiger charge is -2.03. The van der Waals surface area contributed by atoms with Crippen LogP contribution in [0.15, 0.2) is 46.9 Å². The molecule has 24 heavy (non-hydrogen) atoms. The Balaban J connectivity index is 1.64. The van der Waals surface area contributed by atoms with E-state index in [2.05, 4.69) is 20.3 Å². The van der Waals surface area contributed by atoms with Gasteiger partial charge in [0.25, 0.3) is 0 Å². The molecule has 1 aromatic carbocycles. The topological polar surface area (TPSA) is 56.0 Å². The van der Waals surface area contributed by atoms with Crippen LogP contribution in [-0.2, 0) is 5.75 Å². The molecule has 8 heteroatoms. The van der Waals surface area contributed by atoms with E-state index in [1.165, 1.54) is 12.1 Å². The largest absolute Gasteiger partial charge is 0.246 e. The second-order valence-electron chi connectivity index (χ2n) is 5.12. The summed E-state index contributed by atoms with van der Waals surface area (Å²) in [6, 6.07) is 9.98. The van der Waals surface area contributed by atoms with E-state index in [0.29, 0.717) is 16.6 Å². The quantitative estimate of drug-likeness (QED) is 0.517. The van der Waals surface area contributed by atoms with Gasteiger partial charge in [-0.25, -0.2) is 9.37 Å². The van der Waals surface area contributed by atoms with Crippen LogP contribution in [0.3, 0.4) is 0 Å². The fraction of sp³-hybridized carbons (Fsp3) is 0.125. The Bertz CT molecular complexity index is 993. The van der Waals surface area contributed by atoms with Crippen LogP contribution in [0.25, 0.3) is 16.9 Å². The highest BCUT2D eigenvalue weighted by molar-refractivity contribution is 7.98. The number of rotatable bonds is 4. The van der Waals surface area contributed by atoms with Crippen molar-refractivity contribution in [3.8, 4) is 11.3 Å². The Hall–Kier alpha value is -2.32. The average molecular weight is 357 g/mol. The molecule has 0 saturated heterocycles. The molecule has 4 rings (SSSR count). The summed E-state index contributed by atoms with van der Waals surface area (Å²) in [7, 11) is 0. The van der Waals surface area contributed by atoms with Crippen molar-refractivity contribution in [2.24, 2.45) is 0 Å². The van der Waals surface area contributed by atoms with Crippen molar-refractivity contribution < 1.29 is 4.39 Å². The Labute approximate surface area is 145 Å². The summed E-state index contributed by atoms with van der Waals surface area (Å²) < 4.78 is 14.8. The van der Waals surface area contributed by atoms with Crippen LogP contribution in [-0.4, -0.2) is 24.8 Å². The van der Waals surface area contributed by atoms with Gasteiger partial charge in [0.1, 0.15) is 5.82 Å². The van der Waals surface area contributed by atoms with Crippen LogP contribution in [0, 0.1) is 12.7 Å². The number of halogens is 1. The summed E-state index contributed by atoms with van der Waals surface area (Å²) in [5.41, 5.74) is 3.29. The molecule has 0 unspecified atom stereocenters. The number of benzene rings is 1. The van der Waals surface area contributed by atoms with Crippen molar-refractivity contribution in [2.45, 2.75) is 17.8 Å². The molecule has 0 spiro atoms. The van der Waals surface area contributed by atoms with Gasteiger partial charge >= 0.3 is 0 Å². The van der Waals surface area contributed by atoms with Gasteiger partial charge < -0.3 is 0 Å². The highest BCUT2D eigenvalue weighted by Gasteiger charge is 2.10. The molecular weight excluding hydrogens is 345 g/mol. The Morgan fingerprint density at radius 1 is 1.12 bits per heavy atom. The predicted molar refractivity (Wildman–Crippen MR) is 92.6 cm³/mol. The van der Waals surface area contributed by atoms with Crippen molar-refractivity contribution in [1.82, 2.24) is 24.8 Å². The minimum absolute atomic E-state index is 0.265. The first-order valence-electron chi connectivity index (χ1n) is 7.21.